The predicted molar refractivity (Wildman–Crippen MR) is 75.6 cm³/mol. The van der Waals surface area contributed by atoms with Crippen molar-refractivity contribution >= 4 is 17.3 Å². The van der Waals surface area contributed by atoms with E-state index in [1.165, 1.54) is 0 Å². The van der Waals surface area contributed by atoms with Gasteiger partial charge in [-0.15, -0.1) is 0 Å². The van der Waals surface area contributed by atoms with Gasteiger partial charge >= 0.3 is 0 Å². The number of anilines is 2. The molecule has 96 valence electrons. The highest BCUT2D eigenvalue weighted by Crippen LogP contribution is 2.32. The van der Waals surface area contributed by atoms with Crippen LogP contribution >= 0.6 is 0 Å². The molecule has 4 nitrogen and oxygen atoms in total. The third kappa shape index (κ3) is 2.05. The molecule has 0 spiro atoms. The standard InChI is InChI=1S/C15H15N3O/c1-17-10-11-18(14-5-3-2-4-13(14)17)15(19)12-6-8-16-9-7-12/h2-9H,10-11H2,1H3. The maximum Gasteiger partial charge on any atom is 0.258 e. The van der Waals surface area contributed by atoms with E-state index in [-0.39, 0.29) is 5.91 Å². The van der Waals surface area contributed by atoms with Gasteiger partial charge in [0.15, 0.2) is 0 Å². The summed E-state index contributed by atoms with van der Waals surface area (Å²) in [5.74, 6) is 0.0305. The minimum absolute atomic E-state index is 0.0305. The fourth-order valence-electron chi connectivity index (χ4n) is 2.37. The molecule has 1 aromatic heterocycles. The van der Waals surface area contributed by atoms with Crippen molar-refractivity contribution in [1.29, 1.82) is 0 Å². The summed E-state index contributed by atoms with van der Waals surface area (Å²) in [4.78, 5) is 20.5. The van der Waals surface area contributed by atoms with Crippen LogP contribution in [0.25, 0.3) is 0 Å². The van der Waals surface area contributed by atoms with Crippen molar-refractivity contribution in [3.8, 4) is 0 Å². The average Bonchev–Trinajstić information content (AvgIpc) is 2.48. The monoisotopic (exact) mass is 253 g/mol. The Bertz CT molecular complexity index is 597. The second kappa shape index (κ2) is 4.72. The van der Waals surface area contributed by atoms with Crippen LogP contribution in [0.15, 0.2) is 48.8 Å². The molecule has 19 heavy (non-hydrogen) atoms. The molecule has 0 N–H and O–H groups in total. The number of para-hydroxylation sites is 2. The van der Waals surface area contributed by atoms with Crippen LogP contribution in [0.4, 0.5) is 11.4 Å². The summed E-state index contributed by atoms with van der Waals surface area (Å²) in [6.07, 6.45) is 3.30. The molecule has 0 unspecified atom stereocenters. The topological polar surface area (TPSA) is 36.4 Å². The Morgan fingerprint density at radius 1 is 1.05 bits per heavy atom. The Kier molecular flexibility index (Phi) is 2.91. The van der Waals surface area contributed by atoms with E-state index in [0.717, 1.165) is 17.9 Å². The lowest BCUT2D eigenvalue weighted by Gasteiger charge is -2.35. The SMILES string of the molecule is CN1CCN(C(=O)c2ccncc2)c2ccccc21. The van der Waals surface area contributed by atoms with E-state index < -0.39 is 0 Å². The van der Waals surface area contributed by atoms with Crippen molar-refractivity contribution in [3.05, 3.63) is 54.4 Å². The highest BCUT2D eigenvalue weighted by atomic mass is 16.2. The summed E-state index contributed by atoms with van der Waals surface area (Å²) < 4.78 is 0. The molecule has 2 heterocycles. The van der Waals surface area contributed by atoms with Crippen LogP contribution < -0.4 is 9.80 Å². The number of likely N-dealkylation sites (N-methyl/N-ethyl adjacent to an activating group) is 1. The summed E-state index contributed by atoms with van der Waals surface area (Å²) in [7, 11) is 2.05. The molecule has 4 heteroatoms. The molecule has 0 bridgehead atoms. The fraction of sp³-hybridized carbons (Fsp3) is 0.200. The molecule has 0 atom stereocenters. The second-order valence-electron chi connectivity index (χ2n) is 4.60. The van der Waals surface area contributed by atoms with E-state index in [1.54, 1.807) is 24.5 Å². The number of carbonyl (C=O) groups is 1. The first kappa shape index (κ1) is 11.7. The molecule has 1 aliphatic heterocycles. The van der Waals surface area contributed by atoms with Crippen molar-refractivity contribution in [2.45, 2.75) is 0 Å². The number of benzene rings is 1. The summed E-state index contributed by atoms with van der Waals surface area (Å²) in [5, 5.41) is 0. The molecule has 1 aromatic carbocycles. The van der Waals surface area contributed by atoms with Crippen LogP contribution in [0, 0.1) is 0 Å². The van der Waals surface area contributed by atoms with Gasteiger partial charge in [-0.1, -0.05) is 12.1 Å². The van der Waals surface area contributed by atoms with Crippen LogP contribution in [-0.4, -0.2) is 31.0 Å². The van der Waals surface area contributed by atoms with Gasteiger partial charge in [0.05, 0.1) is 11.4 Å². The van der Waals surface area contributed by atoms with Crippen molar-refractivity contribution in [1.82, 2.24) is 4.98 Å². The summed E-state index contributed by atoms with van der Waals surface area (Å²) in [5.41, 5.74) is 2.74. The van der Waals surface area contributed by atoms with Gasteiger partial charge in [0.25, 0.3) is 5.91 Å². The van der Waals surface area contributed by atoms with E-state index in [0.29, 0.717) is 12.1 Å². The smallest absolute Gasteiger partial charge is 0.258 e. The number of fused-ring (bicyclic) bond motifs is 1. The molecular formula is C15H15N3O. The Labute approximate surface area is 112 Å². The van der Waals surface area contributed by atoms with Gasteiger partial charge in [0, 0.05) is 38.1 Å². The zero-order valence-electron chi connectivity index (χ0n) is 10.8. The maximum atomic E-state index is 12.5. The first-order valence-corrected chi connectivity index (χ1v) is 6.29. The lowest BCUT2D eigenvalue weighted by atomic mass is 10.1. The molecule has 0 radical (unpaired) electrons. The molecule has 0 saturated heterocycles. The maximum absolute atomic E-state index is 12.5. The van der Waals surface area contributed by atoms with Gasteiger partial charge in [-0.2, -0.15) is 0 Å². The number of nitrogens with zero attached hydrogens (tertiary/aromatic N) is 3. The van der Waals surface area contributed by atoms with Gasteiger partial charge in [-0.3, -0.25) is 9.78 Å². The van der Waals surface area contributed by atoms with Crippen LogP contribution in [0.3, 0.4) is 0 Å². The van der Waals surface area contributed by atoms with Crippen molar-refractivity contribution < 1.29 is 4.79 Å². The molecule has 1 amide bonds. The molecule has 3 rings (SSSR count). The normalized spacial score (nSPS) is 14.2. The number of rotatable bonds is 1. The predicted octanol–water partition coefficient (Wildman–Crippen LogP) is 2.18. The third-order valence-corrected chi connectivity index (χ3v) is 3.42. The lowest BCUT2D eigenvalue weighted by molar-refractivity contribution is 0.0986. The highest BCUT2D eigenvalue weighted by molar-refractivity contribution is 6.08. The minimum atomic E-state index is 0.0305. The van der Waals surface area contributed by atoms with Crippen molar-refractivity contribution in [3.63, 3.8) is 0 Å². The van der Waals surface area contributed by atoms with Crippen LogP contribution in [0.1, 0.15) is 10.4 Å². The first-order chi connectivity index (χ1) is 9.27. The van der Waals surface area contributed by atoms with Crippen LogP contribution in [0.5, 0.6) is 0 Å². The molecule has 1 aliphatic rings. The Morgan fingerprint density at radius 3 is 2.47 bits per heavy atom. The number of pyridine rings is 1. The number of carbonyl (C=O) groups excluding carboxylic acids is 1. The summed E-state index contributed by atoms with van der Waals surface area (Å²) >= 11 is 0. The zero-order valence-corrected chi connectivity index (χ0v) is 10.8. The van der Waals surface area contributed by atoms with Crippen LogP contribution in [0.2, 0.25) is 0 Å². The number of amides is 1. The van der Waals surface area contributed by atoms with E-state index in [9.17, 15) is 4.79 Å². The summed E-state index contributed by atoms with van der Waals surface area (Å²) in [6, 6.07) is 11.5. The third-order valence-electron chi connectivity index (χ3n) is 3.42. The lowest BCUT2D eigenvalue weighted by Crippen LogP contribution is -2.42. The highest BCUT2D eigenvalue weighted by Gasteiger charge is 2.25. The van der Waals surface area contributed by atoms with E-state index >= 15 is 0 Å². The van der Waals surface area contributed by atoms with Gasteiger partial charge in [0.1, 0.15) is 0 Å². The van der Waals surface area contributed by atoms with E-state index in [2.05, 4.69) is 9.88 Å². The Morgan fingerprint density at radius 2 is 1.74 bits per heavy atom. The average molecular weight is 253 g/mol. The number of hydrogen-bond donors (Lipinski definition) is 0. The first-order valence-electron chi connectivity index (χ1n) is 6.29. The zero-order chi connectivity index (χ0) is 13.2. The molecule has 0 saturated carbocycles. The van der Waals surface area contributed by atoms with Gasteiger partial charge in [-0.25, -0.2) is 0 Å². The molecule has 0 fully saturated rings. The molecule has 0 aliphatic carbocycles. The van der Waals surface area contributed by atoms with Crippen molar-refractivity contribution in [2.75, 3.05) is 29.9 Å². The Hall–Kier alpha value is -2.36. The van der Waals surface area contributed by atoms with E-state index in [4.69, 9.17) is 0 Å². The van der Waals surface area contributed by atoms with Crippen molar-refractivity contribution in [2.24, 2.45) is 0 Å². The van der Waals surface area contributed by atoms with Gasteiger partial charge in [-0.05, 0) is 24.3 Å². The minimum Gasteiger partial charge on any atom is -0.371 e. The summed E-state index contributed by atoms with van der Waals surface area (Å²) in [6.45, 7) is 1.54. The second-order valence-corrected chi connectivity index (χ2v) is 4.60. The largest absolute Gasteiger partial charge is 0.371 e. The van der Waals surface area contributed by atoms with Crippen LogP contribution in [-0.2, 0) is 0 Å². The van der Waals surface area contributed by atoms with E-state index in [1.807, 2.05) is 36.2 Å². The fourth-order valence-corrected chi connectivity index (χ4v) is 2.37. The van der Waals surface area contributed by atoms with Gasteiger partial charge < -0.3 is 9.80 Å². The molecule has 2 aromatic rings. The van der Waals surface area contributed by atoms with Gasteiger partial charge in [0.2, 0.25) is 0 Å². The Balaban J connectivity index is 1.99. The quantitative estimate of drug-likeness (QED) is 0.781. The number of hydrogen-bond acceptors (Lipinski definition) is 3. The molecular weight excluding hydrogens is 238 g/mol. The number of aromatic nitrogens is 1.